The quantitative estimate of drug-likeness (QED) is 0.795. The van der Waals surface area contributed by atoms with Crippen LogP contribution < -0.4 is 0 Å². The number of carbonyl (C=O) groups is 2. The van der Waals surface area contributed by atoms with E-state index >= 15 is 0 Å². The second-order valence-electron chi connectivity index (χ2n) is 4.07. The third-order valence-corrected chi connectivity index (χ3v) is 3.65. The van der Waals surface area contributed by atoms with Crippen molar-refractivity contribution in [3.8, 4) is 0 Å². The van der Waals surface area contributed by atoms with Gasteiger partial charge >= 0.3 is 0 Å². The van der Waals surface area contributed by atoms with Crippen molar-refractivity contribution in [3.05, 3.63) is 57.8 Å². The van der Waals surface area contributed by atoms with E-state index in [1.54, 1.807) is 30.3 Å². The number of amides is 2. The van der Waals surface area contributed by atoms with E-state index in [1.165, 1.54) is 11.1 Å². The van der Waals surface area contributed by atoms with Gasteiger partial charge in [0, 0.05) is 4.47 Å². The number of hydrogen-bond acceptors (Lipinski definition) is 4. The third-order valence-electron chi connectivity index (χ3n) is 2.93. The van der Waals surface area contributed by atoms with Gasteiger partial charge in [0.1, 0.15) is 0 Å². The van der Waals surface area contributed by atoms with Gasteiger partial charge in [-0.25, -0.2) is 0 Å². The SMILES string of the molecule is O=C1c2ccccc2C(=O)N1Cc1nnccc1Br. The molecule has 0 spiro atoms. The maximum absolute atomic E-state index is 12.2. The van der Waals surface area contributed by atoms with Crippen LogP contribution in [0.5, 0.6) is 0 Å². The Morgan fingerprint density at radius 1 is 1.05 bits per heavy atom. The Bertz CT molecular complexity index is 652. The molecule has 0 radical (unpaired) electrons. The molecule has 0 N–H and O–H groups in total. The zero-order valence-electron chi connectivity index (χ0n) is 9.71. The molecule has 0 aliphatic carbocycles. The summed E-state index contributed by atoms with van der Waals surface area (Å²) in [6.07, 6.45) is 1.54. The normalized spacial score (nSPS) is 13.8. The van der Waals surface area contributed by atoms with Gasteiger partial charge in [0.05, 0.1) is 29.6 Å². The van der Waals surface area contributed by atoms with Crippen LogP contribution in [-0.2, 0) is 6.54 Å². The number of hydrogen-bond donors (Lipinski definition) is 0. The van der Waals surface area contributed by atoms with Crippen molar-refractivity contribution in [2.75, 3.05) is 0 Å². The molecule has 3 rings (SSSR count). The first-order valence-corrected chi connectivity index (χ1v) is 6.39. The minimum atomic E-state index is -0.293. The summed E-state index contributed by atoms with van der Waals surface area (Å²) in [5.41, 5.74) is 1.43. The van der Waals surface area contributed by atoms with Crippen LogP contribution in [0, 0.1) is 0 Å². The summed E-state index contributed by atoms with van der Waals surface area (Å²) in [6, 6.07) is 8.51. The van der Waals surface area contributed by atoms with E-state index in [0.29, 0.717) is 16.8 Å². The maximum atomic E-state index is 12.2. The fourth-order valence-electron chi connectivity index (χ4n) is 1.99. The van der Waals surface area contributed by atoms with E-state index in [9.17, 15) is 9.59 Å². The van der Waals surface area contributed by atoms with Crippen molar-refractivity contribution in [3.63, 3.8) is 0 Å². The van der Waals surface area contributed by atoms with Gasteiger partial charge in [0.15, 0.2) is 0 Å². The van der Waals surface area contributed by atoms with Crippen LogP contribution in [0.15, 0.2) is 41.0 Å². The standard InChI is InChI=1S/C13H8BrN3O2/c14-10-5-6-15-16-11(10)7-17-12(18)8-3-1-2-4-9(8)13(17)19/h1-6H,7H2. The summed E-state index contributed by atoms with van der Waals surface area (Å²) in [4.78, 5) is 25.5. The third kappa shape index (κ3) is 1.94. The second-order valence-corrected chi connectivity index (χ2v) is 4.92. The molecule has 0 unspecified atom stereocenters. The summed E-state index contributed by atoms with van der Waals surface area (Å²) in [7, 11) is 0. The Labute approximate surface area is 117 Å². The van der Waals surface area contributed by atoms with Crippen LogP contribution >= 0.6 is 15.9 Å². The lowest BCUT2D eigenvalue weighted by molar-refractivity contribution is 0.0639. The predicted molar refractivity (Wildman–Crippen MR) is 70.4 cm³/mol. The van der Waals surface area contributed by atoms with Crippen LogP contribution in [0.4, 0.5) is 0 Å². The monoisotopic (exact) mass is 317 g/mol. The van der Waals surface area contributed by atoms with E-state index in [1.807, 2.05) is 0 Å². The van der Waals surface area contributed by atoms with Gasteiger partial charge in [0.25, 0.3) is 11.8 Å². The summed E-state index contributed by atoms with van der Waals surface area (Å²) in [5, 5.41) is 7.69. The first-order chi connectivity index (χ1) is 9.18. The molecule has 1 aromatic carbocycles. The van der Waals surface area contributed by atoms with Gasteiger partial charge in [-0.1, -0.05) is 12.1 Å². The van der Waals surface area contributed by atoms with E-state index in [2.05, 4.69) is 26.1 Å². The Morgan fingerprint density at radius 3 is 2.26 bits per heavy atom. The maximum Gasteiger partial charge on any atom is 0.261 e. The number of carbonyl (C=O) groups excluding carboxylic acids is 2. The lowest BCUT2D eigenvalue weighted by Crippen LogP contribution is -2.29. The predicted octanol–water partition coefficient (Wildman–Crippen LogP) is 2.04. The summed E-state index contributed by atoms with van der Waals surface area (Å²) in [5.74, 6) is -0.587. The molecule has 2 aromatic rings. The average Bonchev–Trinajstić information content (AvgIpc) is 2.67. The Morgan fingerprint density at radius 2 is 1.68 bits per heavy atom. The number of halogens is 1. The van der Waals surface area contributed by atoms with Crippen LogP contribution in [0.2, 0.25) is 0 Å². The van der Waals surface area contributed by atoms with E-state index < -0.39 is 0 Å². The molecular formula is C13H8BrN3O2. The zero-order valence-corrected chi connectivity index (χ0v) is 11.3. The first kappa shape index (κ1) is 12.0. The molecule has 1 aromatic heterocycles. The van der Waals surface area contributed by atoms with Gasteiger partial charge in [-0.3, -0.25) is 14.5 Å². The van der Waals surface area contributed by atoms with Crippen molar-refractivity contribution >= 4 is 27.7 Å². The molecule has 0 atom stereocenters. The fourth-order valence-corrected chi connectivity index (χ4v) is 2.31. The average molecular weight is 318 g/mol. The van der Waals surface area contributed by atoms with E-state index in [0.717, 1.165) is 4.47 Å². The topological polar surface area (TPSA) is 63.2 Å². The van der Waals surface area contributed by atoms with Crippen LogP contribution in [0.3, 0.4) is 0 Å². The van der Waals surface area contributed by atoms with Gasteiger partial charge in [-0.15, -0.1) is 0 Å². The number of imide groups is 1. The first-order valence-electron chi connectivity index (χ1n) is 5.60. The molecule has 0 bridgehead atoms. The molecule has 94 valence electrons. The van der Waals surface area contributed by atoms with Gasteiger partial charge in [0.2, 0.25) is 0 Å². The minimum Gasteiger partial charge on any atom is -0.269 e. The highest BCUT2D eigenvalue weighted by Gasteiger charge is 2.35. The fraction of sp³-hybridized carbons (Fsp3) is 0.0769. The molecular weight excluding hydrogens is 310 g/mol. The highest BCUT2D eigenvalue weighted by Crippen LogP contribution is 2.25. The zero-order chi connectivity index (χ0) is 13.4. The molecule has 19 heavy (non-hydrogen) atoms. The van der Waals surface area contributed by atoms with Crippen molar-refractivity contribution in [1.29, 1.82) is 0 Å². The number of rotatable bonds is 2. The van der Waals surface area contributed by atoms with Gasteiger partial charge in [-0.05, 0) is 34.1 Å². The molecule has 1 aliphatic rings. The lowest BCUT2D eigenvalue weighted by atomic mass is 10.1. The minimum absolute atomic E-state index is 0.112. The smallest absolute Gasteiger partial charge is 0.261 e. The molecule has 0 saturated heterocycles. The summed E-state index contributed by atoms with van der Waals surface area (Å²) in [6.45, 7) is 0.112. The van der Waals surface area contributed by atoms with E-state index in [-0.39, 0.29) is 18.4 Å². The summed E-state index contributed by atoms with van der Waals surface area (Å²) >= 11 is 3.33. The second kappa shape index (κ2) is 4.55. The van der Waals surface area contributed by atoms with Gasteiger partial charge < -0.3 is 0 Å². The number of aromatic nitrogens is 2. The van der Waals surface area contributed by atoms with Crippen molar-refractivity contribution in [1.82, 2.24) is 15.1 Å². The van der Waals surface area contributed by atoms with Crippen LogP contribution in [0.25, 0.3) is 0 Å². The van der Waals surface area contributed by atoms with Crippen molar-refractivity contribution in [2.45, 2.75) is 6.54 Å². The number of fused-ring (bicyclic) bond motifs is 1. The largest absolute Gasteiger partial charge is 0.269 e. The lowest BCUT2D eigenvalue weighted by Gasteiger charge is -2.13. The van der Waals surface area contributed by atoms with Crippen molar-refractivity contribution in [2.24, 2.45) is 0 Å². The molecule has 0 fully saturated rings. The van der Waals surface area contributed by atoms with Crippen LogP contribution in [0.1, 0.15) is 26.4 Å². The molecule has 2 heterocycles. The Kier molecular flexibility index (Phi) is 2.87. The van der Waals surface area contributed by atoms with Crippen LogP contribution in [-0.4, -0.2) is 26.9 Å². The highest BCUT2D eigenvalue weighted by atomic mass is 79.9. The van der Waals surface area contributed by atoms with E-state index in [4.69, 9.17) is 0 Å². The Balaban J connectivity index is 1.95. The molecule has 1 aliphatic heterocycles. The number of nitrogens with zero attached hydrogens (tertiary/aromatic N) is 3. The van der Waals surface area contributed by atoms with Gasteiger partial charge in [-0.2, -0.15) is 10.2 Å². The molecule has 5 nitrogen and oxygen atoms in total. The molecule has 0 saturated carbocycles. The summed E-state index contributed by atoms with van der Waals surface area (Å²) < 4.78 is 0.721. The molecule has 6 heteroatoms. The Hall–Kier alpha value is -2.08. The molecule has 2 amide bonds. The number of benzene rings is 1. The highest BCUT2D eigenvalue weighted by molar-refractivity contribution is 9.10. The van der Waals surface area contributed by atoms with Crippen molar-refractivity contribution < 1.29 is 9.59 Å².